The van der Waals surface area contributed by atoms with Gasteiger partial charge in [0.05, 0.1) is 12.3 Å². The van der Waals surface area contributed by atoms with Gasteiger partial charge in [-0.2, -0.15) is 0 Å². The average molecular weight is 569 g/mol. The number of piperidine rings is 1. The summed E-state index contributed by atoms with van der Waals surface area (Å²) in [5.41, 5.74) is 1.78. The van der Waals surface area contributed by atoms with Gasteiger partial charge >= 0.3 is 6.03 Å². The molecule has 9 nitrogen and oxygen atoms in total. The quantitative estimate of drug-likeness (QED) is 0.416. The number of nitrogens with one attached hydrogen (secondary N) is 1. The molecule has 0 saturated carbocycles. The van der Waals surface area contributed by atoms with E-state index in [0.29, 0.717) is 37.7 Å². The molecule has 3 aliphatic rings. The number of nitrogens with zero attached hydrogens (tertiary/aromatic N) is 3. The van der Waals surface area contributed by atoms with Crippen LogP contribution in [0.5, 0.6) is 5.75 Å². The van der Waals surface area contributed by atoms with E-state index >= 15 is 0 Å². The second kappa shape index (κ2) is 11.2. The van der Waals surface area contributed by atoms with E-state index in [1.807, 2.05) is 60.9 Å². The summed E-state index contributed by atoms with van der Waals surface area (Å²) in [5, 5.41) is 2.52. The highest BCUT2D eigenvalue weighted by molar-refractivity contribution is 6.30. The molecule has 4 heterocycles. The fourth-order valence-electron chi connectivity index (χ4n) is 6.87. The number of fused-ring (bicyclic) bond motifs is 4. The van der Waals surface area contributed by atoms with E-state index in [0.717, 1.165) is 34.6 Å². The predicted molar refractivity (Wildman–Crippen MR) is 159 cm³/mol. The number of ether oxygens (including phenoxy) is 1. The Bertz CT molecular complexity index is 1560. The van der Waals surface area contributed by atoms with Crippen LogP contribution in [0, 0.1) is 11.3 Å². The number of urea groups is 1. The molecular formula is C33H36N4O5. The third-order valence-electron chi connectivity index (χ3n) is 8.86. The van der Waals surface area contributed by atoms with Crippen LogP contribution in [-0.4, -0.2) is 53.6 Å². The number of carbonyl (C=O) groups is 3. The van der Waals surface area contributed by atoms with Crippen LogP contribution in [0.3, 0.4) is 0 Å². The number of barbiturate groups is 1. The molecule has 9 heteroatoms. The van der Waals surface area contributed by atoms with Crippen molar-refractivity contribution in [3.63, 3.8) is 0 Å². The third-order valence-corrected chi connectivity index (χ3v) is 8.86. The van der Waals surface area contributed by atoms with Crippen molar-refractivity contribution in [1.82, 2.24) is 14.8 Å². The first kappa shape index (κ1) is 27.9. The number of benzene rings is 2. The Morgan fingerprint density at radius 3 is 2.33 bits per heavy atom. The van der Waals surface area contributed by atoms with Crippen molar-refractivity contribution < 1.29 is 19.1 Å². The van der Waals surface area contributed by atoms with Crippen LogP contribution in [0.25, 0.3) is 0 Å². The molecular weight excluding hydrogens is 532 g/mol. The first-order valence-electron chi connectivity index (χ1n) is 14.7. The third kappa shape index (κ3) is 5.02. The minimum Gasteiger partial charge on any atom is -0.494 e. The molecule has 0 aliphatic carbocycles. The van der Waals surface area contributed by atoms with Crippen molar-refractivity contribution in [3.8, 4) is 5.75 Å². The Labute approximate surface area is 245 Å². The van der Waals surface area contributed by atoms with E-state index in [4.69, 9.17) is 4.74 Å². The molecule has 218 valence electrons. The molecule has 0 radical (unpaired) electrons. The molecule has 1 N–H and O–H groups in total. The maximum atomic E-state index is 14.5. The molecule has 2 fully saturated rings. The number of rotatable bonds is 8. The van der Waals surface area contributed by atoms with Gasteiger partial charge in [0.2, 0.25) is 5.91 Å². The van der Waals surface area contributed by atoms with E-state index in [2.05, 4.69) is 10.2 Å². The Kier molecular flexibility index (Phi) is 7.45. The highest BCUT2D eigenvalue weighted by atomic mass is 16.5. The lowest BCUT2D eigenvalue weighted by Gasteiger charge is -2.47. The molecule has 2 saturated heterocycles. The first-order valence-corrected chi connectivity index (χ1v) is 14.7. The summed E-state index contributed by atoms with van der Waals surface area (Å²) >= 11 is 0. The number of hydrogen-bond acceptors (Lipinski definition) is 6. The molecule has 3 aromatic rings. The zero-order chi connectivity index (χ0) is 29.4. The van der Waals surface area contributed by atoms with Gasteiger partial charge in [0.1, 0.15) is 11.2 Å². The number of imide groups is 2. The summed E-state index contributed by atoms with van der Waals surface area (Å²) in [6.45, 7) is 6.53. The molecule has 1 aromatic heterocycles. The number of amides is 4. The number of pyridine rings is 1. The highest BCUT2D eigenvalue weighted by Crippen LogP contribution is 2.39. The number of hydrogen-bond donors (Lipinski definition) is 1. The molecule has 2 aromatic carbocycles. The van der Waals surface area contributed by atoms with Gasteiger partial charge in [-0.15, -0.1) is 0 Å². The van der Waals surface area contributed by atoms with Gasteiger partial charge in [-0.1, -0.05) is 37.3 Å². The zero-order valence-electron chi connectivity index (χ0n) is 24.0. The van der Waals surface area contributed by atoms with Crippen LogP contribution in [0.15, 0.2) is 71.5 Å². The Morgan fingerprint density at radius 2 is 1.62 bits per heavy atom. The van der Waals surface area contributed by atoms with E-state index in [-0.39, 0.29) is 30.4 Å². The maximum absolute atomic E-state index is 14.5. The van der Waals surface area contributed by atoms with Crippen molar-refractivity contribution in [2.75, 3.05) is 31.1 Å². The summed E-state index contributed by atoms with van der Waals surface area (Å²) in [6, 6.07) is 19.4. The molecule has 42 heavy (non-hydrogen) atoms. The summed E-state index contributed by atoms with van der Waals surface area (Å²) in [4.78, 5) is 57.4. The monoisotopic (exact) mass is 568 g/mol. The normalized spacial score (nSPS) is 23.9. The van der Waals surface area contributed by atoms with E-state index in [1.54, 1.807) is 24.3 Å². The summed E-state index contributed by atoms with van der Waals surface area (Å²) < 4.78 is 7.46. The van der Waals surface area contributed by atoms with Gasteiger partial charge in [-0.3, -0.25) is 19.7 Å². The van der Waals surface area contributed by atoms with Gasteiger partial charge in [-0.05, 0) is 73.6 Å². The van der Waals surface area contributed by atoms with Crippen LogP contribution < -0.4 is 20.5 Å². The van der Waals surface area contributed by atoms with Crippen LogP contribution >= 0.6 is 0 Å². The summed E-state index contributed by atoms with van der Waals surface area (Å²) in [7, 11) is 0. The number of carbonyl (C=O) groups excluding carboxylic acids is 3. The molecule has 0 unspecified atom stereocenters. The number of likely N-dealkylation sites (tertiary alicyclic amines) is 1. The second-order valence-electron chi connectivity index (χ2n) is 11.6. The topological polar surface area (TPSA) is 101 Å². The van der Waals surface area contributed by atoms with E-state index in [9.17, 15) is 19.2 Å². The largest absolute Gasteiger partial charge is 0.494 e. The molecule has 0 spiro atoms. The van der Waals surface area contributed by atoms with Crippen LogP contribution in [-0.2, 0) is 29.0 Å². The van der Waals surface area contributed by atoms with Gasteiger partial charge in [-0.25, -0.2) is 9.69 Å². The fraction of sp³-hybridized carbons (Fsp3) is 0.394. The molecule has 6 rings (SSSR count). The standard InChI is InChI=1S/C33H36N4O5/c1-3-22-8-12-26(13-9-22)37-31(40)33(30(39)34-32(37)41,17-23-10-14-27(15-11-23)42-4-2)21-35-18-24-16-25(20-35)28-6-5-7-29(38)36(28)19-24/h5-15,24-25H,3-4,16-21H2,1-2H3,(H,34,39,41)/t24-,25-,33+/m0/s1. The number of anilines is 1. The van der Waals surface area contributed by atoms with Gasteiger partial charge in [0.15, 0.2) is 0 Å². The predicted octanol–water partition coefficient (Wildman–Crippen LogP) is 3.74. The molecule has 2 bridgehead atoms. The van der Waals surface area contributed by atoms with Crippen molar-refractivity contribution in [1.29, 1.82) is 0 Å². The summed E-state index contributed by atoms with van der Waals surface area (Å²) in [6.07, 6.45) is 1.91. The lowest BCUT2D eigenvalue weighted by molar-refractivity contribution is -0.144. The Morgan fingerprint density at radius 1 is 0.881 bits per heavy atom. The number of aromatic nitrogens is 1. The average Bonchev–Trinajstić information content (AvgIpc) is 2.98. The SMILES string of the molecule is CCOc1ccc(C[C@@]2(CN3C[C@@H]4C[C@@H](C3)c3cccc(=O)n3C4)C(=O)NC(=O)N(c3ccc(CC)cc3)C2=O)cc1. The van der Waals surface area contributed by atoms with Gasteiger partial charge in [0.25, 0.3) is 11.5 Å². The molecule has 3 atom stereocenters. The Hall–Kier alpha value is -4.24. The molecule has 4 amide bonds. The van der Waals surface area contributed by atoms with Crippen LogP contribution in [0.2, 0.25) is 0 Å². The Balaban J connectivity index is 1.36. The highest BCUT2D eigenvalue weighted by Gasteiger charge is 2.55. The van der Waals surface area contributed by atoms with Crippen molar-refractivity contribution in [3.05, 3.63) is 93.9 Å². The van der Waals surface area contributed by atoms with Gasteiger partial charge in [0, 0.05) is 43.9 Å². The van der Waals surface area contributed by atoms with E-state index < -0.39 is 23.3 Å². The maximum Gasteiger partial charge on any atom is 0.335 e. The molecule has 3 aliphatic heterocycles. The fourth-order valence-corrected chi connectivity index (χ4v) is 6.87. The van der Waals surface area contributed by atoms with Crippen LogP contribution in [0.1, 0.15) is 43.0 Å². The van der Waals surface area contributed by atoms with Crippen molar-refractivity contribution in [2.24, 2.45) is 11.3 Å². The van der Waals surface area contributed by atoms with Crippen molar-refractivity contribution in [2.45, 2.75) is 45.6 Å². The van der Waals surface area contributed by atoms with Crippen LogP contribution in [0.4, 0.5) is 10.5 Å². The smallest absolute Gasteiger partial charge is 0.335 e. The zero-order valence-corrected chi connectivity index (χ0v) is 24.0. The minimum absolute atomic E-state index is 0.00713. The number of aryl methyl sites for hydroxylation is 1. The van der Waals surface area contributed by atoms with E-state index in [1.165, 1.54) is 0 Å². The lowest BCUT2D eigenvalue weighted by atomic mass is 9.75. The minimum atomic E-state index is -1.54. The summed E-state index contributed by atoms with van der Waals surface area (Å²) in [5.74, 6) is -0.0582. The lowest BCUT2D eigenvalue weighted by Crippen LogP contribution is -2.68. The second-order valence-corrected chi connectivity index (χ2v) is 11.6. The van der Waals surface area contributed by atoms with Crippen molar-refractivity contribution >= 4 is 23.5 Å². The van der Waals surface area contributed by atoms with Gasteiger partial charge < -0.3 is 14.2 Å². The first-order chi connectivity index (χ1) is 20.3.